The first kappa shape index (κ1) is 13.3. The molecule has 0 saturated carbocycles. The molecule has 0 N–H and O–H groups in total. The van der Waals surface area contributed by atoms with Crippen molar-refractivity contribution in [2.45, 2.75) is 24.6 Å². The van der Waals surface area contributed by atoms with Gasteiger partial charge in [0.2, 0.25) is 0 Å². The highest BCUT2D eigenvalue weighted by atomic mass is 19.4. The first-order valence-electron chi connectivity index (χ1n) is 5.30. The van der Waals surface area contributed by atoms with Crippen LogP contribution in [-0.2, 0) is 4.79 Å². The molecular formula is C11H8F3NO4. The third-order valence-corrected chi connectivity index (χ3v) is 2.87. The molecule has 0 aliphatic carbocycles. The molecule has 0 amide bonds. The zero-order valence-electron chi connectivity index (χ0n) is 9.39. The number of nitro groups is 1. The number of non-ortho nitro benzene ring substituents is 1. The van der Waals surface area contributed by atoms with E-state index in [-0.39, 0.29) is 17.0 Å². The van der Waals surface area contributed by atoms with Gasteiger partial charge in [-0.2, -0.15) is 13.2 Å². The molecule has 1 aromatic rings. The molecule has 1 aliphatic heterocycles. The summed E-state index contributed by atoms with van der Waals surface area (Å²) >= 11 is 0. The number of ether oxygens (including phenoxy) is 1. The van der Waals surface area contributed by atoms with Gasteiger partial charge in [0, 0.05) is 30.0 Å². The molecule has 8 heteroatoms. The minimum Gasteiger partial charge on any atom is -0.481 e. The van der Waals surface area contributed by atoms with Crippen LogP contribution in [0.5, 0.6) is 5.75 Å². The molecule has 0 radical (unpaired) electrons. The highest BCUT2D eigenvalue weighted by molar-refractivity contribution is 5.66. The maximum Gasteiger partial charge on any atom is 0.425 e. The molecule has 1 aliphatic rings. The fraction of sp³-hybridized carbons (Fsp3) is 0.364. The summed E-state index contributed by atoms with van der Waals surface area (Å²) in [4.78, 5) is 20.8. The Balaban J connectivity index is 2.42. The number of halogens is 3. The van der Waals surface area contributed by atoms with Crippen LogP contribution in [0.3, 0.4) is 0 Å². The third kappa shape index (κ3) is 2.51. The Morgan fingerprint density at radius 2 is 2.11 bits per heavy atom. The van der Waals surface area contributed by atoms with Crippen molar-refractivity contribution >= 4 is 12.0 Å². The highest BCUT2D eigenvalue weighted by Gasteiger charge is 2.46. The van der Waals surface area contributed by atoms with Crippen LogP contribution in [0.2, 0.25) is 0 Å². The lowest BCUT2D eigenvalue weighted by molar-refractivity contribution is -0.385. The first-order valence-corrected chi connectivity index (χ1v) is 5.30. The van der Waals surface area contributed by atoms with Crippen LogP contribution in [0, 0.1) is 10.1 Å². The van der Waals surface area contributed by atoms with E-state index in [1.165, 1.54) is 0 Å². The Kier molecular flexibility index (Phi) is 3.17. The monoisotopic (exact) mass is 275 g/mol. The number of rotatable bonds is 2. The molecule has 2 unspecified atom stereocenters. The van der Waals surface area contributed by atoms with Gasteiger partial charge in [-0.25, -0.2) is 0 Å². The van der Waals surface area contributed by atoms with Crippen molar-refractivity contribution in [2.24, 2.45) is 0 Å². The predicted octanol–water partition coefficient (Wildman–Crippen LogP) is 2.59. The van der Waals surface area contributed by atoms with Gasteiger partial charge in [0.1, 0.15) is 12.0 Å². The third-order valence-electron chi connectivity index (χ3n) is 2.87. The maximum atomic E-state index is 12.6. The van der Waals surface area contributed by atoms with Crippen molar-refractivity contribution in [3.05, 3.63) is 33.9 Å². The quantitative estimate of drug-likeness (QED) is 0.472. The average Bonchev–Trinajstić information content (AvgIpc) is 2.35. The number of alkyl halides is 3. The van der Waals surface area contributed by atoms with E-state index in [4.69, 9.17) is 4.74 Å². The Bertz CT molecular complexity index is 529. The van der Waals surface area contributed by atoms with Crippen molar-refractivity contribution in [3.63, 3.8) is 0 Å². The van der Waals surface area contributed by atoms with E-state index in [0.29, 0.717) is 6.29 Å². The van der Waals surface area contributed by atoms with Crippen molar-refractivity contribution in [1.29, 1.82) is 0 Å². The van der Waals surface area contributed by atoms with E-state index in [1.807, 2.05) is 0 Å². The second-order valence-electron chi connectivity index (χ2n) is 4.11. The fourth-order valence-electron chi connectivity index (χ4n) is 1.93. The summed E-state index contributed by atoms with van der Waals surface area (Å²) in [7, 11) is 0. The minimum atomic E-state index is -4.58. The Labute approximate surface area is 105 Å². The number of hydrogen-bond donors (Lipinski definition) is 0. The number of aldehydes is 1. The van der Waals surface area contributed by atoms with Crippen LogP contribution in [-0.4, -0.2) is 23.5 Å². The second kappa shape index (κ2) is 4.52. The van der Waals surface area contributed by atoms with Gasteiger partial charge in [-0.05, 0) is 6.07 Å². The molecule has 1 aromatic carbocycles. The van der Waals surface area contributed by atoms with Crippen molar-refractivity contribution in [3.8, 4) is 5.75 Å². The number of nitro benzene ring substituents is 1. The average molecular weight is 275 g/mol. The van der Waals surface area contributed by atoms with Gasteiger partial charge >= 0.3 is 6.18 Å². The summed E-state index contributed by atoms with van der Waals surface area (Å²) in [6.45, 7) is 0. The molecule has 2 rings (SSSR count). The molecule has 1 heterocycles. The molecule has 0 aromatic heterocycles. The van der Waals surface area contributed by atoms with Gasteiger partial charge in [-0.15, -0.1) is 0 Å². The highest BCUT2D eigenvalue weighted by Crippen LogP contribution is 2.41. The van der Waals surface area contributed by atoms with Gasteiger partial charge in [-0.3, -0.25) is 10.1 Å². The SMILES string of the molecule is O=CC1CC(C(F)(F)F)Oc2ccc([N+](=O)[O-])cc21. The lowest BCUT2D eigenvalue weighted by Gasteiger charge is -2.30. The van der Waals surface area contributed by atoms with Crippen LogP contribution in [0.25, 0.3) is 0 Å². The normalized spacial score (nSPS) is 22.3. The summed E-state index contributed by atoms with van der Waals surface area (Å²) in [5, 5.41) is 10.6. The summed E-state index contributed by atoms with van der Waals surface area (Å²) in [6.07, 6.45) is -6.87. The summed E-state index contributed by atoms with van der Waals surface area (Å²) in [5.41, 5.74) is -0.177. The van der Waals surface area contributed by atoms with Gasteiger partial charge in [0.25, 0.3) is 5.69 Å². The van der Waals surface area contributed by atoms with E-state index in [9.17, 15) is 28.1 Å². The van der Waals surface area contributed by atoms with E-state index in [2.05, 4.69) is 0 Å². The van der Waals surface area contributed by atoms with Crippen molar-refractivity contribution in [1.82, 2.24) is 0 Å². The smallest absolute Gasteiger partial charge is 0.425 e. The largest absolute Gasteiger partial charge is 0.481 e. The molecule has 0 spiro atoms. The van der Waals surface area contributed by atoms with Gasteiger partial charge in [0.15, 0.2) is 6.10 Å². The van der Waals surface area contributed by atoms with Crippen molar-refractivity contribution < 1.29 is 27.6 Å². The Morgan fingerprint density at radius 1 is 1.42 bits per heavy atom. The Hall–Kier alpha value is -2.12. The maximum absolute atomic E-state index is 12.6. The van der Waals surface area contributed by atoms with E-state index in [0.717, 1.165) is 18.2 Å². The van der Waals surface area contributed by atoms with Crippen LogP contribution in [0.15, 0.2) is 18.2 Å². The summed E-state index contributed by atoms with van der Waals surface area (Å²) < 4.78 is 42.6. The minimum absolute atomic E-state index is 0.115. The predicted molar refractivity (Wildman–Crippen MR) is 57.0 cm³/mol. The van der Waals surface area contributed by atoms with E-state index < -0.39 is 29.5 Å². The number of carbonyl (C=O) groups excluding carboxylic acids is 1. The van der Waals surface area contributed by atoms with Crippen LogP contribution in [0.4, 0.5) is 18.9 Å². The summed E-state index contributed by atoms with van der Waals surface area (Å²) in [6, 6.07) is 3.20. The molecule has 0 fully saturated rings. The number of benzene rings is 1. The number of fused-ring (bicyclic) bond motifs is 1. The zero-order valence-corrected chi connectivity index (χ0v) is 9.39. The van der Waals surface area contributed by atoms with Gasteiger partial charge < -0.3 is 9.53 Å². The van der Waals surface area contributed by atoms with Gasteiger partial charge in [0.05, 0.1) is 4.92 Å². The van der Waals surface area contributed by atoms with Gasteiger partial charge in [-0.1, -0.05) is 0 Å². The van der Waals surface area contributed by atoms with E-state index >= 15 is 0 Å². The molecular weight excluding hydrogens is 267 g/mol. The van der Waals surface area contributed by atoms with Crippen LogP contribution >= 0.6 is 0 Å². The lowest BCUT2D eigenvalue weighted by Crippen LogP contribution is -2.39. The summed E-state index contributed by atoms with van der Waals surface area (Å²) in [5.74, 6) is -1.20. The molecule has 0 saturated heterocycles. The van der Waals surface area contributed by atoms with Crippen LogP contribution in [0.1, 0.15) is 17.9 Å². The fourth-order valence-corrected chi connectivity index (χ4v) is 1.93. The first-order chi connectivity index (χ1) is 8.82. The van der Waals surface area contributed by atoms with Crippen LogP contribution < -0.4 is 4.74 Å². The number of nitrogens with zero attached hydrogens (tertiary/aromatic N) is 1. The Morgan fingerprint density at radius 3 is 2.63 bits per heavy atom. The molecule has 5 nitrogen and oxygen atoms in total. The number of carbonyl (C=O) groups is 1. The zero-order chi connectivity index (χ0) is 14.2. The van der Waals surface area contributed by atoms with Crippen molar-refractivity contribution in [2.75, 3.05) is 0 Å². The molecule has 2 atom stereocenters. The molecule has 102 valence electrons. The topological polar surface area (TPSA) is 69.4 Å². The standard InChI is InChI=1S/C11H8F3NO4/c12-11(13,14)10-3-6(5-16)8-4-7(15(17)18)1-2-9(8)19-10/h1-2,4-6,10H,3H2. The number of hydrogen-bond acceptors (Lipinski definition) is 4. The lowest BCUT2D eigenvalue weighted by atomic mass is 9.90. The second-order valence-corrected chi connectivity index (χ2v) is 4.11. The van der Waals surface area contributed by atoms with E-state index in [1.54, 1.807) is 0 Å². The molecule has 19 heavy (non-hydrogen) atoms. The molecule has 0 bridgehead atoms.